The maximum absolute atomic E-state index is 11.9. The van der Waals surface area contributed by atoms with Crippen molar-refractivity contribution in [2.75, 3.05) is 20.0 Å². The number of thioether (sulfide) groups is 1. The third-order valence-electron chi connectivity index (χ3n) is 3.33. The van der Waals surface area contributed by atoms with Gasteiger partial charge >= 0.3 is 0 Å². The SMILES string of the molecule is COc1cc(C)ccc1OCC(=O)NCc1ccc(SC)cc1. The molecule has 0 radical (unpaired) electrons. The van der Waals surface area contributed by atoms with E-state index >= 15 is 0 Å². The van der Waals surface area contributed by atoms with Crippen molar-refractivity contribution < 1.29 is 14.3 Å². The lowest BCUT2D eigenvalue weighted by atomic mass is 10.2. The smallest absolute Gasteiger partial charge is 0.258 e. The molecule has 0 saturated carbocycles. The van der Waals surface area contributed by atoms with Crippen LogP contribution in [-0.2, 0) is 11.3 Å². The standard InChI is InChI=1S/C18H21NO3S/c1-13-4-9-16(17(10-13)21-2)22-12-18(20)19-11-14-5-7-15(23-3)8-6-14/h4-10H,11-12H2,1-3H3,(H,19,20). The summed E-state index contributed by atoms with van der Waals surface area (Å²) >= 11 is 1.69. The zero-order valence-electron chi connectivity index (χ0n) is 13.6. The summed E-state index contributed by atoms with van der Waals surface area (Å²) in [6.07, 6.45) is 2.04. The number of amides is 1. The predicted molar refractivity (Wildman–Crippen MR) is 93.3 cm³/mol. The van der Waals surface area contributed by atoms with Gasteiger partial charge in [0.1, 0.15) is 0 Å². The molecule has 0 aliphatic rings. The molecular weight excluding hydrogens is 310 g/mol. The first-order valence-corrected chi connectivity index (χ1v) is 8.52. The van der Waals surface area contributed by atoms with E-state index in [0.29, 0.717) is 18.0 Å². The van der Waals surface area contributed by atoms with Gasteiger partial charge in [-0.05, 0) is 48.6 Å². The number of ether oxygens (including phenoxy) is 2. The Bertz CT molecular complexity index is 656. The average Bonchev–Trinajstić information content (AvgIpc) is 2.59. The quantitative estimate of drug-likeness (QED) is 0.790. The number of benzene rings is 2. The highest BCUT2D eigenvalue weighted by molar-refractivity contribution is 7.98. The molecule has 0 fully saturated rings. The van der Waals surface area contributed by atoms with Crippen molar-refractivity contribution >= 4 is 17.7 Å². The molecule has 0 spiro atoms. The van der Waals surface area contributed by atoms with E-state index < -0.39 is 0 Å². The minimum atomic E-state index is -0.165. The number of methoxy groups -OCH3 is 1. The highest BCUT2D eigenvalue weighted by Gasteiger charge is 2.07. The van der Waals surface area contributed by atoms with Crippen molar-refractivity contribution in [2.24, 2.45) is 0 Å². The summed E-state index contributed by atoms with van der Waals surface area (Å²) in [5.41, 5.74) is 2.14. The Hall–Kier alpha value is -2.14. The lowest BCUT2D eigenvalue weighted by Crippen LogP contribution is -2.28. The Kier molecular flexibility index (Phi) is 6.35. The molecule has 0 aromatic heterocycles. The average molecular weight is 331 g/mol. The topological polar surface area (TPSA) is 47.6 Å². The normalized spacial score (nSPS) is 10.2. The molecule has 0 atom stereocenters. The Morgan fingerprint density at radius 1 is 1.13 bits per heavy atom. The van der Waals surface area contributed by atoms with Gasteiger partial charge < -0.3 is 14.8 Å². The third-order valence-corrected chi connectivity index (χ3v) is 4.07. The predicted octanol–water partition coefficient (Wildman–Crippen LogP) is 3.42. The largest absolute Gasteiger partial charge is 0.493 e. The molecule has 0 saturated heterocycles. The molecular formula is C18H21NO3S. The molecule has 2 rings (SSSR count). The Morgan fingerprint density at radius 3 is 2.52 bits per heavy atom. The van der Waals surface area contributed by atoms with E-state index in [1.54, 1.807) is 18.9 Å². The highest BCUT2D eigenvalue weighted by Crippen LogP contribution is 2.27. The van der Waals surface area contributed by atoms with Gasteiger partial charge in [-0.3, -0.25) is 4.79 Å². The van der Waals surface area contributed by atoms with Gasteiger partial charge in [0.15, 0.2) is 18.1 Å². The van der Waals surface area contributed by atoms with Crippen molar-refractivity contribution in [3.05, 3.63) is 53.6 Å². The van der Waals surface area contributed by atoms with Gasteiger partial charge in [-0.2, -0.15) is 0 Å². The van der Waals surface area contributed by atoms with Crippen molar-refractivity contribution in [1.29, 1.82) is 0 Å². The summed E-state index contributed by atoms with van der Waals surface area (Å²) in [4.78, 5) is 13.1. The van der Waals surface area contributed by atoms with Gasteiger partial charge in [0.25, 0.3) is 5.91 Å². The molecule has 2 aromatic carbocycles. The van der Waals surface area contributed by atoms with Crippen LogP contribution in [0, 0.1) is 6.92 Å². The van der Waals surface area contributed by atoms with E-state index in [1.807, 2.05) is 55.6 Å². The lowest BCUT2D eigenvalue weighted by Gasteiger charge is -2.11. The third kappa shape index (κ3) is 5.21. The molecule has 4 nitrogen and oxygen atoms in total. The first kappa shape index (κ1) is 17.2. The van der Waals surface area contributed by atoms with Crippen LogP contribution in [0.3, 0.4) is 0 Å². The highest BCUT2D eigenvalue weighted by atomic mass is 32.2. The fourth-order valence-corrected chi connectivity index (χ4v) is 2.44. The van der Waals surface area contributed by atoms with Crippen molar-refractivity contribution in [3.63, 3.8) is 0 Å². The lowest BCUT2D eigenvalue weighted by molar-refractivity contribution is -0.123. The van der Waals surface area contributed by atoms with Crippen LogP contribution in [0.4, 0.5) is 0 Å². The van der Waals surface area contributed by atoms with E-state index in [2.05, 4.69) is 5.32 Å². The summed E-state index contributed by atoms with van der Waals surface area (Å²) < 4.78 is 10.8. The number of hydrogen-bond donors (Lipinski definition) is 1. The monoisotopic (exact) mass is 331 g/mol. The number of carbonyl (C=O) groups excluding carboxylic acids is 1. The minimum Gasteiger partial charge on any atom is -0.493 e. The molecule has 0 aliphatic heterocycles. The van der Waals surface area contributed by atoms with Crippen molar-refractivity contribution in [3.8, 4) is 11.5 Å². The van der Waals surface area contributed by atoms with Crippen molar-refractivity contribution in [2.45, 2.75) is 18.4 Å². The summed E-state index contributed by atoms with van der Waals surface area (Å²) in [6.45, 7) is 2.42. The maximum Gasteiger partial charge on any atom is 0.258 e. The molecule has 1 N–H and O–H groups in total. The van der Waals surface area contributed by atoms with Crippen molar-refractivity contribution in [1.82, 2.24) is 5.32 Å². The molecule has 0 heterocycles. The second kappa shape index (κ2) is 8.48. The van der Waals surface area contributed by atoms with E-state index in [0.717, 1.165) is 11.1 Å². The second-order valence-electron chi connectivity index (χ2n) is 5.07. The van der Waals surface area contributed by atoms with Gasteiger partial charge in [0.2, 0.25) is 0 Å². The minimum absolute atomic E-state index is 0.0394. The van der Waals surface area contributed by atoms with Crippen LogP contribution in [0.5, 0.6) is 11.5 Å². The molecule has 0 unspecified atom stereocenters. The van der Waals surface area contributed by atoms with Crippen LogP contribution in [-0.4, -0.2) is 25.9 Å². The molecule has 23 heavy (non-hydrogen) atoms. The Balaban J connectivity index is 1.83. The van der Waals surface area contributed by atoms with Crippen LogP contribution in [0.15, 0.2) is 47.4 Å². The van der Waals surface area contributed by atoms with Gasteiger partial charge in [0.05, 0.1) is 7.11 Å². The Morgan fingerprint density at radius 2 is 1.87 bits per heavy atom. The van der Waals surface area contributed by atoms with Gasteiger partial charge in [-0.15, -0.1) is 11.8 Å². The molecule has 2 aromatic rings. The number of rotatable bonds is 7. The number of nitrogens with one attached hydrogen (secondary N) is 1. The second-order valence-corrected chi connectivity index (χ2v) is 5.95. The zero-order valence-corrected chi connectivity index (χ0v) is 14.4. The number of hydrogen-bond acceptors (Lipinski definition) is 4. The Labute approximate surface area is 141 Å². The molecule has 122 valence electrons. The molecule has 5 heteroatoms. The summed E-state index contributed by atoms with van der Waals surface area (Å²) in [5.74, 6) is 1.03. The summed E-state index contributed by atoms with van der Waals surface area (Å²) in [5, 5.41) is 2.84. The van der Waals surface area contributed by atoms with E-state index in [9.17, 15) is 4.79 Å². The number of aryl methyl sites for hydroxylation is 1. The van der Waals surface area contributed by atoms with E-state index in [1.165, 1.54) is 4.90 Å². The maximum atomic E-state index is 11.9. The van der Waals surface area contributed by atoms with Crippen LogP contribution < -0.4 is 14.8 Å². The summed E-state index contributed by atoms with van der Waals surface area (Å²) in [7, 11) is 1.58. The van der Waals surface area contributed by atoms with Gasteiger partial charge in [-0.1, -0.05) is 18.2 Å². The van der Waals surface area contributed by atoms with E-state index in [4.69, 9.17) is 9.47 Å². The van der Waals surface area contributed by atoms with Crippen LogP contribution in [0.2, 0.25) is 0 Å². The fourth-order valence-electron chi connectivity index (χ4n) is 2.03. The summed E-state index contributed by atoms with van der Waals surface area (Å²) in [6, 6.07) is 13.7. The van der Waals surface area contributed by atoms with Crippen LogP contribution in [0.25, 0.3) is 0 Å². The zero-order chi connectivity index (χ0) is 16.7. The fraction of sp³-hybridized carbons (Fsp3) is 0.278. The first-order valence-electron chi connectivity index (χ1n) is 7.29. The first-order chi connectivity index (χ1) is 11.1. The van der Waals surface area contributed by atoms with Gasteiger partial charge in [0, 0.05) is 11.4 Å². The van der Waals surface area contributed by atoms with Gasteiger partial charge in [-0.25, -0.2) is 0 Å². The molecule has 0 aliphatic carbocycles. The van der Waals surface area contributed by atoms with Crippen LogP contribution in [0.1, 0.15) is 11.1 Å². The van der Waals surface area contributed by atoms with Crippen LogP contribution >= 0.6 is 11.8 Å². The van der Waals surface area contributed by atoms with E-state index in [-0.39, 0.29) is 12.5 Å². The number of carbonyl (C=O) groups is 1. The molecule has 1 amide bonds. The molecule has 0 bridgehead atoms.